The van der Waals surface area contributed by atoms with Gasteiger partial charge in [0.1, 0.15) is 5.75 Å². The fraction of sp³-hybridized carbons (Fsp3) is 0.417. The van der Waals surface area contributed by atoms with Gasteiger partial charge in [-0.2, -0.15) is 11.8 Å². The molecule has 0 aliphatic rings. The second-order valence-electron chi connectivity index (χ2n) is 3.34. The van der Waals surface area contributed by atoms with E-state index in [1.165, 1.54) is 12.7 Å². The van der Waals surface area contributed by atoms with E-state index in [-0.39, 0.29) is 5.97 Å². The minimum atomic E-state index is -0.165. The van der Waals surface area contributed by atoms with Crippen LogP contribution in [0.5, 0.6) is 5.75 Å². The van der Waals surface area contributed by atoms with Crippen LogP contribution in [0.1, 0.15) is 12.0 Å². The number of esters is 1. The van der Waals surface area contributed by atoms with Crippen LogP contribution in [-0.2, 0) is 15.3 Å². The van der Waals surface area contributed by atoms with Crippen LogP contribution in [0.25, 0.3) is 0 Å². The first-order valence-electron chi connectivity index (χ1n) is 5.14. The highest BCUT2D eigenvalue weighted by Gasteiger charge is 2.04. The van der Waals surface area contributed by atoms with E-state index >= 15 is 0 Å². The first-order chi connectivity index (χ1) is 8.17. The Balaban J connectivity index is 2.43. The third-order valence-corrected chi connectivity index (χ3v) is 3.97. The maximum atomic E-state index is 10.9. The molecule has 5 heteroatoms. The van der Waals surface area contributed by atoms with E-state index in [1.807, 2.05) is 18.2 Å². The molecule has 0 aliphatic carbocycles. The highest BCUT2D eigenvalue weighted by molar-refractivity contribution is 9.10. The molecule has 0 amide bonds. The van der Waals surface area contributed by atoms with E-state index in [2.05, 4.69) is 20.7 Å². The van der Waals surface area contributed by atoms with Crippen molar-refractivity contribution < 1.29 is 14.3 Å². The zero-order valence-electron chi connectivity index (χ0n) is 9.86. The Kier molecular flexibility index (Phi) is 6.44. The van der Waals surface area contributed by atoms with Crippen molar-refractivity contribution in [2.24, 2.45) is 0 Å². The summed E-state index contributed by atoms with van der Waals surface area (Å²) in [5.74, 6) is 2.28. The van der Waals surface area contributed by atoms with Gasteiger partial charge in [0.25, 0.3) is 0 Å². The predicted octanol–water partition coefficient (Wildman–Crippen LogP) is 3.25. The van der Waals surface area contributed by atoms with E-state index in [4.69, 9.17) is 4.74 Å². The summed E-state index contributed by atoms with van der Waals surface area (Å²) < 4.78 is 10.8. The number of carbonyl (C=O) groups is 1. The summed E-state index contributed by atoms with van der Waals surface area (Å²) in [6.07, 6.45) is 0.447. The minimum absolute atomic E-state index is 0.165. The Bertz CT molecular complexity index is 382. The average Bonchev–Trinajstić information content (AvgIpc) is 2.36. The first kappa shape index (κ1) is 14.4. The maximum absolute atomic E-state index is 10.9. The number of hydrogen-bond donors (Lipinski definition) is 0. The van der Waals surface area contributed by atoms with Gasteiger partial charge in [-0.15, -0.1) is 0 Å². The Morgan fingerprint density at radius 3 is 2.82 bits per heavy atom. The Morgan fingerprint density at radius 2 is 2.18 bits per heavy atom. The molecule has 17 heavy (non-hydrogen) atoms. The number of carbonyl (C=O) groups excluding carboxylic acids is 1. The smallest absolute Gasteiger partial charge is 0.306 e. The first-order valence-corrected chi connectivity index (χ1v) is 7.09. The number of methoxy groups -OCH3 is 2. The van der Waals surface area contributed by atoms with Gasteiger partial charge in [-0.05, 0) is 23.8 Å². The third kappa shape index (κ3) is 5.00. The van der Waals surface area contributed by atoms with Crippen molar-refractivity contribution >= 4 is 33.7 Å². The number of ether oxygens (including phenoxy) is 2. The third-order valence-electron chi connectivity index (χ3n) is 2.19. The van der Waals surface area contributed by atoms with Gasteiger partial charge in [-0.25, -0.2) is 0 Å². The normalized spacial score (nSPS) is 10.1. The Labute approximate surface area is 114 Å². The number of rotatable bonds is 6. The highest BCUT2D eigenvalue weighted by atomic mass is 79.9. The molecule has 0 atom stereocenters. The molecule has 0 bridgehead atoms. The van der Waals surface area contributed by atoms with Crippen molar-refractivity contribution in [3.05, 3.63) is 28.2 Å². The summed E-state index contributed by atoms with van der Waals surface area (Å²) in [4.78, 5) is 10.9. The summed E-state index contributed by atoms with van der Waals surface area (Å²) in [7, 11) is 3.06. The van der Waals surface area contributed by atoms with E-state index in [1.54, 1.807) is 18.9 Å². The van der Waals surface area contributed by atoms with Crippen molar-refractivity contribution in [3.63, 3.8) is 0 Å². The van der Waals surface area contributed by atoms with Gasteiger partial charge in [0.2, 0.25) is 0 Å². The largest absolute Gasteiger partial charge is 0.497 e. The Morgan fingerprint density at radius 1 is 1.41 bits per heavy atom. The lowest BCUT2D eigenvalue weighted by Crippen LogP contribution is -2.01. The zero-order valence-corrected chi connectivity index (χ0v) is 12.3. The molecule has 0 unspecified atom stereocenters. The number of halogens is 1. The van der Waals surface area contributed by atoms with Crippen molar-refractivity contribution in [2.45, 2.75) is 12.2 Å². The molecular formula is C12H15BrO3S. The molecule has 0 saturated heterocycles. The summed E-state index contributed by atoms with van der Waals surface area (Å²) in [5.41, 5.74) is 1.17. The van der Waals surface area contributed by atoms with E-state index < -0.39 is 0 Å². The van der Waals surface area contributed by atoms with Crippen LogP contribution in [0.4, 0.5) is 0 Å². The van der Waals surface area contributed by atoms with Crippen molar-refractivity contribution in [1.82, 2.24) is 0 Å². The molecule has 3 nitrogen and oxygen atoms in total. The molecule has 1 aromatic rings. The van der Waals surface area contributed by atoms with Gasteiger partial charge in [-0.1, -0.05) is 15.9 Å². The number of hydrogen-bond acceptors (Lipinski definition) is 4. The average molecular weight is 319 g/mol. The SMILES string of the molecule is COC(=O)CCSCc1cc(OC)ccc1Br. The molecule has 0 aromatic heterocycles. The van der Waals surface area contributed by atoms with Crippen LogP contribution in [-0.4, -0.2) is 25.9 Å². The molecule has 0 N–H and O–H groups in total. The molecule has 0 aliphatic heterocycles. The maximum Gasteiger partial charge on any atom is 0.306 e. The lowest BCUT2D eigenvalue weighted by atomic mass is 10.2. The van der Waals surface area contributed by atoms with Gasteiger partial charge < -0.3 is 9.47 Å². The van der Waals surface area contributed by atoms with E-state index in [0.717, 1.165) is 21.7 Å². The van der Waals surface area contributed by atoms with Crippen LogP contribution in [0.3, 0.4) is 0 Å². The minimum Gasteiger partial charge on any atom is -0.497 e. The molecule has 1 aromatic carbocycles. The molecule has 0 heterocycles. The van der Waals surface area contributed by atoms with Crippen LogP contribution in [0.2, 0.25) is 0 Å². The van der Waals surface area contributed by atoms with Crippen LogP contribution in [0, 0.1) is 0 Å². The highest BCUT2D eigenvalue weighted by Crippen LogP contribution is 2.26. The lowest BCUT2D eigenvalue weighted by Gasteiger charge is -2.07. The summed E-state index contributed by atoms with van der Waals surface area (Å²) in [6, 6.07) is 5.87. The summed E-state index contributed by atoms with van der Waals surface area (Å²) >= 11 is 5.19. The standard InChI is InChI=1S/C12H15BrO3S/c1-15-10-3-4-11(13)9(7-10)8-17-6-5-12(14)16-2/h3-4,7H,5-6,8H2,1-2H3. The molecule has 94 valence electrons. The molecule has 0 radical (unpaired) electrons. The van der Waals surface area contributed by atoms with Crippen molar-refractivity contribution in [3.8, 4) is 5.75 Å². The van der Waals surface area contributed by atoms with Gasteiger partial charge in [0, 0.05) is 16.0 Å². The van der Waals surface area contributed by atoms with E-state index in [9.17, 15) is 4.79 Å². The second kappa shape index (κ2) is 7.61. The predicted molar refractivity (Wildman–Crippen MR) is 73.5 cm³/mol. The van der Waals surface area contributed by atoms with Gasteiger partial charge >= 0.3 is 5.97 Å². The number of benzene rings is 1. The van der Waals surface area contributed by atoms with Crippen molar-refractivity contribution in [1.29, 1.82) is 0 Å². The van der Waals surface area contributed by atoms with Crippen molar-refractivity contribution in [2.75, 3.05) is 20.0 Å². The van der Waals surface area contributed by atoms with Crippen LogP contribution < -0.4 is 4.74 Å². The fourth-order valence-corrected chi connectivity index (χ4v) is 2.71. The fourth-order valence-electron chi connectivity index (χ4n) is 1.23. The second-order valence-corrected chi connectivity index (χ2v) is 5.30. The molecule has 0 fully saturated rings. The van der Waals surface area contributed by atoms with Gasteiger partial charge in [0.05, 0.1) is 20.6 Å². The lowest BCUT2D eigenvalue weighted by molar-refractivity contribution is -0.140. The van der Waals surface area contributed by atoms with Crippen LogP contribution in [0.15, 0.2) is 22.7 Å². The molecular weight excluding hydrogens is 304 g/mol. The molecule has 0 saturated carbocycles. The van der Waals surface area contributed by atoms with Gasteiger partial charge in [0.15, 0.2) is 0 Å². The monoisotopic (exact) mass is 318 g/mol. The Hall–Kier alpha value is -0.680. The molecule has 0 spiro atoms. The summed E-state index contributed by atoms with van der Waals surface area (Å²) in [5, 5.41) is 0. The zero-order chi connectivity index (χ0) is 12.7. The van der Waals surface area contributed by atoms with Crippen LogP contribution >= 0.6 is 27.7 Å². The van der Waals surface area contributed by atoms with Gasteiger partial charge in [-0.3, -0.25) is 4.79 Å². The molecule has 1 rings (SSSR count). The van der Waals surface area contributed by atoms with E-state index in [0.29, 0.717) is 6.42 Å². The number of thioether (sulfide) groups is 1. The summed E-state index contributed by atoms with van der Waals surface area (Å²) in [6.45, 7) is 0. The topological polar surface area (TPSA) is 35.5 Å². The quantitative estimate of drug-likeness (QED) is 0.596.